The van der Waals surface area contributed by atoms with E-state index in [0.29, 0.717) is 11.6 Å². The molecule has 1 aromatic carbocycles. The molecule has 0 N–H and O–H groups in total. The zero-order valence-electron chi connectivity index (χ0n) is 15.4. The summed E-state index contributed by atoms with van der Waals surface area (Å²) in [4.78, 5) is 18.4. The number of aryl methyl sites for hydroxylation is 1. The Morgan fingerprint density at radius 3 is 2.58 bits per heavy atom. The Kier molecular flexibility index (Phi) is 4.95. The first-order valence-electron chi connectivity index (χ1n) is 9.85. The quantitative estimate of drug-likeness (QED) is 0.512. The highest BCUT2D eigenvalue weighted by molar-refractivity contribution is 8.14. The van der Waals surface area contributed by atoms with E-state index in [1.165, 1.54) is 57.8 Å². The second kappa shape index (κ2) is 7.22. The Hall–Kier alpha value is -1.56. The van der Waals surface area contributed by atoms with E-state index in [4.69, 9.17) is 4.99 Å². The molecular formula is C20H27N3O2S. The molecule has 0 amide bonds. The summed E-state index contributed by atoms with van der Waals surface area (Å²) in [7, 11) is 0. The Labute approximate surface area is 159 Å². The number of aliphatic imine (C=N–C) groups is 1. The summed E-state index contributed by atoms with van der Waals surface area (Å²) in [6.45, 7) is 1.92. The maximum absolute atomic E-state index is 11.0. The van der Waals surface area contributed by atoms with Gasteiger partial charge in [0, 0.05) is 23.9 Å². The Morgan fingerprint density at radius 2 is 1.92 bits per heavy atom. The van der Waals surface area contributed by atoms with Crippen molar-refractivity contribution in [2.75, 3.05) is 5.75 Å². The lowest BCUT2D eigenvalue weighted by atomic mass is 9.89. The van der Waals surface area contributed by atoms with Crippen LogP contribution in [0.15, 0.2) is 23.2 Å². The van der Waals surface area contributed by atoms with Crippen molar-refractivity contribution >= 4 is 28.3 Å². The van der Waals surface area contributed by atoms with Gasteiger partial charge in [-0.3, -0.25) is 10.1 Å². The molecule has 0 atom stereocenters. The summed E-state index contributed by atoms with van der Waals surface area (Å²) in [6, 6.07) is 5.63. The van der Waals surface area contributed by atoms with Crippen LogP contribution in [0.1, 0.15) is 63.4 Å². The van der Waals surface area contributed by atoms with E-state index in [2.05, 4.69) is 4.90 Å². The molecule has 3 aliphatic rings. The van der Waals surface area contributed by atoms with Crippen LogP contribution in [0.2, 0.25) is 0 Å². The number of nitro benzene ring substituents is 1. The van der Waals surface area contributed by atoms with Crippen LogP contribution in [0.25, 0.3) is 0 Å². The third kappa shape index (κ3) is 3.24. The van der Waals surface area contributed by atoms with Crippen LogP contribution in [0.3, 0.4) is 0 Å². The predicted octanol–water partition coefficient (Wildman–Crippen LogP) is 5.59. The molecular weight excluding hydrogens is 346 g/mol. The lowest BCUT2D eigenvalue weighted by Gasteiger charge is -2.43. The van der Waals surface area contributed by atoms with E-state index in [1.807, 2.05) is 18.7 Å². The van der Waals surface area contributed by atoms with Gasteiger partial charge in [-0.2, -0.15) is 0 Å². The minimum atomic E-state index is -0.337. The molecule has 1 aromatic rings. The van der Waals surface area contributed by atoms with E-state index < -0.39 is 0 Å². The largest absolute Gasteiger partial charge is 0.342 e. The Morgan fingerprint density at radius 1 is 1.19 bits per heavy atom. The molecule has 5 nitrogen and oxygen atoms in total. The average molecular weight is 374 g/mol. The van der Waals surface area contributed by atoms with E-state index in [-0.39, 0.29) is 10.6 Å². The van der Waals surface area contributed by atoms with Crippen molar-refractivity contribution in [1.82, 2.24) is 4.90 Å². The van der Waals surface area contributed by atoms with Gasteiger partial charge in [-0.25, -0.2) is 4.99 Å². The molecule has 0 radical (unpaired) electrons. The normalized spacial score (nSPS) is 24.7. The lowest BCUT2D eigenvalue weighted by Crippen LogP contribution is -2.51. The van der Waals surface area contributed by atoms with Crippen molar-refractivity contribution < 1.29 is 4.92 Å². The molecule has 0 unspecified atom stereocenters. The standard InChI is InChI=1S/C20H27N3O2S/c1-15-13-17(23(24)25)9-10-18(15)21-19-22(16-7-3-2-4-8-16)20(14-26-19)11-5-6-12-20/h9-10,13,16H,2-8,11-12,14H2,1H3. The summed E-state index contributed by atoms with van der Waals surface area (Å²) in [6.07, 6.45) is 11.8. The van der Waals surface area contributed by atoms with Gasteiger partial charge in [-0.15, -0.1) is 0 Å². The third-order valence-electron chi connectivity index (χ3n) is 6.27. The van der Waals surface area contributed by atoms with Crippen LogP contribution in [-0.2, 0) is 0 Å². The first-order chi connectivity index (χ1) is 12.6. The minimum absolute atomic E-state index is 0.141. The molecule has 6 heteroatoms. The summed E-state index contributed by atoms with van der Waals surface area (Å²) in [5.41, 5.74) is 2.19. The van der Waals surface area contributed by atoms with Crippen molar-refractivity contribution in [3.05, 3.63) is 33.9 Å². The number of rotatable bonds is 3. The zero-order chi connectivity index (χ0) is 18.1. The molecule has 3 fully saturated rings. The fraction of sp³-hybridized carbons (Fsp3) is 0.650. The maximum atomic E-state index is 11.0. The highest BCUT2D eigenvalue weighted by Gasteiger charge is 2.49. The molecule has 4 rings (SSSR count). The topological polar surface area (TPSA) is 58.7 Å². The molecule has 2 saturated carbocycles. The molecule has 26 heavy (non-hydrogen) atoms. The fourth-order valence-electron chi connectivity index (χ4n) is 4.91. The van der Waals surface area contributed by atoms with Gasteiger partial charge in [0.05, 0.1) is 16.1 Å². The highest BCUT2D eigenvalue weighted by atomic mass is 32.2. The van der Waals surface area contributed by atoms with Crippen molar-refractivity contribution in [2.24, 2.45) is 4.99 Å². The van der Waals surface area contributed by atoms with Crippen LogP contribution in [0.5, 0.6) is 0 Å². The molecule has 0 bridgehead atoms. The van der Waals surface area contributed by atoms with E-state index in [9.17, 15) is 10.1 Å². The molecule has 1 aliphatic heterocycles. The summed E-state index contributed by atoms with van der Waals surface area (Å²) in [5.74, 6) is 1.15. The third-order valence-corrected chi connectivity index (χ3v) is 7.50. The van der Waals surface area contributed by atoms with E-state index >= 15 is 0 Å². The lowest BCUT2D eigenvalue weighted by molar-refractivity contribution is -0.384. The van der Waals surface area contributed by atoms with Gasteiger partial charge in [0.2, 0.25) is 0 Å². The number of hydrogen-bond donors (Lipinski definition) is 0. The van der Waals surface area contributed by atoms with Crippen LogP contribution in [0, 0.1) is 17.0 Å². The van der Waals surface area contributed by atoms with Gasteiger partial charge in [0.1, 0.15) is 0 Å². The van der Waals surface area contributed by atoms with Gasteiger partial charge in [-0.05, 0) is 44.2 Å². The number of hydrogen-bond acceptors (Lipinski definition) is 4. The van der Waals surface area contributed by atoms with Gasteiger partial charge in [-0.1, -0.05) is 43.9 Å². The number of nitrogens with zero attached hydrogens (tertiary/aromatic N) is 3. The molecule has 1 saturated heterocycles. The summed E-state index contributed by atoms with van der Waals surface area (Å²) < 4.78 is 0. The maximum Gasteiger partial charge on any atom is 0.269 e. The monoisotopic (exact) mass is 373 g/mol. The molecule has 140 valence electrons. The van der Waals surface area contributed by atoms with Crippen molar-refractivity contribution in [3.8, 4) is 0 Å². The molecule has 1 heterocycles. The first-order valence-corrected chi connectivity index (χ1v) is 10.8. The van der Waals surface area contributed by atoms with Crippen LogP contribution >= 0.6 is 11.8 Å². The molecule has 0 aromatic heterocycles. The molecule has 1 spiro atoms. The van der Waals surface area contributed by atoms with Gasteiger partial charge in [0.25, 0.3) is 5.69 Å². The first kappa shape index (κ1) is 17.8. The van der Waals surface area contributed by atoms with Crippen LogP contribution in [-0.4, -0.2) is 32.3 Å². The Balaban J connectivity index is 1.67. The van der Waals surface area contributed by atoms with Crippen LogP contribution in [0.4, 0.5) is 11.4 Å². The smallest absolute Gasteiger partial charge is 0.269 e. The van der Waals surface area contributed by atoms with Gasteiger partial charge >= 0.3 is 0 Å². The number of thioether (sulfide) groups is 1. The number of benzene rings is 1. The summed E-state index contributed by atoms with van der Waals surface area (Å²) in [5, 5.41) is 12.1. The average Bonchev–Trinajstić information content (AvgIpc) is 3.25. The Bertz CT molecular complexity index is 722. The zero-order valence-corrected chi connectivity index (χ0v) is 16.3. The SMILES string of the molecule is Cc1cc([N+](=O)[O-])ccc1N=C1SCC2(CCCC2)N1C1CCCCC1. The van der Waals surface area contributed by atoms with Crippen LogP contribution < -0.4 is 0 Å². The number of non-ortho nitro benzene ring substituents is 1. The summed E-state index contributed by atoms with van der Waals surface area (Å²) >= 11 is 1.90. The van der Waals surface area contributed by atoms with Crippen molar-refractivity contribution in [1.29, 1.82) is 0 Å². The molecule has 2 aliphatic carbocycles. The fourth-order valence-corrected chi connectivity index (χ4v) is 6.38. The second-order valence-electron chi connectivity index (χ2n) is 8.00. The van der Waals surface area contributed by atoms with E-state index in [0.717, 1.165) is 22.2 Å². The van der Waals surface area contributed by atoms with Gasteiger partial charge in [0.15, 0.2) is 5.17 Å². The number of nitro groups is 1. The van der Waals surface area contributed by atoms with Crippen molar-refractivity contribution in [2.45, 2.75) is 76.3 Å². The van der Waals surface area contributed by atoms with Crippen molar-refractivity contribution in [3.63, 3.8) is 0 Å². The predicted molar refractivity (Wildman–Crippen MR) is 107 cm³/mol. The number of amidine groups is 1. The van der Waals surface area contributed by atoms with E-state index in [1.54, 1.807) is 18.2 Å². The van der Waals surface area contributed by atoms with Gasteiger partial charge < -0.3 is 4.90 Å². The second-order valence-corrected chi connectivity index (χ2v) is 8.95. The minimum Gasteiger partial charge on any atom is -0.342 e. The highest BCUT2D eigenvalue weighted by Crippen LogP contribution is 2.48.